The number of halogens is 6. The second-order valence-electron chi connectivity index (χ2n) is 7.92. The van der Waals surface area contributed by atoms with Crippen LogP contribution in [-0.4, -0.2) is 19.6 Å². The van der Waals surface area contributed by atoms with Gasteiger partial charge < -0.3 is 0 Å². The fourth-order valence-corrected chi connectivity index (χ4v) is 3.93. The number of fused-ring (bicyclic) bond motifs is 2. The lowest BCUT2D eigenvalue weighted by atomic mass is 10.0. The first kappa shape index (κ1) is 22.6. The molecule has 0 bridgehead atoms. The van der Waals surface area contributed by atoms with E-state index in [0.29, 0.717) is 27.9 Å². The summed E-state index contributed by atoms with van der Waals surface area (Å²) in [6.45, 7) is 1.67. The van der Waals surface area contributed by atoms with Crippen LogP contribution in [0.25, 0.3) is 38.8 Å². The standard InChI is InChI=1S/C24H14F6N4O/c1-12-20(13-2-6-16(7-3-13)23(25,26)27)21-32-18-10-14(4-8-17(18)22(35)34(21)33-12)15-5-9-19(31-11-15)24(28,29)30/h2-11,33H,1H3. The number of aromatic amines is 1. The highest BCUT2D eigenvalue weighted by molar-refractivity contribution is 5.88. The van der Waals surface area contributed by atoms with Crippen molar-refractivity contribution in [1.29, 1.82) is 0 Å². The maximum Gasteiger partial charge on any atom is 0.433 e. The van der Waals surface area contributed by atoms with Gasteiger partial charge in [0.15, 0.2) is 5.65 Å². The van der Waals surface area contributed by atoms with E-state index >= 15 is 0 Å². The molecule has 0 unspecified atom stereocenters. The van der Waals surface area contributed by atoms with Gasteiger partial charge in [0.05, 0.1) is 16.5 Å². The molecule has 0 atom stereocenters. The third-order valence-corrected chi connectivity index (χ3v) is 5.64. The van der Waals surface area contributed by atoms with Crippen molar-refractivity contribution in [2.75, 3.05) is 0 Å². The molecule has 0 aliphatic carbocycles. The summed E-state index contributed by atoms with van der Waals surface area (Å²) in [6.07, 6.45) is -7.96. The summed E-state index contributed by atoms with van der Waals surface area (Å²) >= 11 is 0. The zero-order valence-electron chi connectivity index (χ0n) is 17.8. The molecule has 0 saturated carbocycles. The molecule has 3 aromatic heterocycles. The molecule has 5 rings (SSSR count). The third kappa shape index (κ3) is 3.92. The summed E-state index contributed by atoms with van der Waals surface area (Å²) in [5.41, 5.74) is 0.548. The van der Waals surface area contributed by atoms with Crippen LogP contribution in [0.15, 0.2) is 65.6 Å². The summed E-state index contributed by atoms with van der Waals surface area (Å²) in [4.78, 5) is 21.1. The van der Waals surface area contributed by atoms with Gasteiger partial charge in [0.25, 0.3) is 5.56 Å². The Morgan fingerprint density at radius 1 is 0.829 bits per heavy atom. The summed E-state index contributed by atoms with van der Waals surface area (Å²) in [7, 11) is 0. The van der Waals surface area contributed by atoms with E-state index < -0.39 is 29.2 Å². The molecular weight excluding hydrogens is 474 g/mol. The summed E-state index contributed by atoms with van der Waals surface area (Å²) in [6, 6.07) is 11.3. The zero-order chi connectivity index (χ0) is 25.1. The van der Waals surface area contributed by atoms with Crippen LogP contribution in [-0.2, 0) is 12.4 Å². The Morgan fingerprint density at radius 3 is 2.09 bits per heavy atom. The fraction of sp³-hybridized carbons (Fsp3) is 0.125. The summed E-state index contributed by atoms with van der Waals surface area (Å²) < 4.78 is 78.5. The van der Waals surface area contributed by atoms with E-state index in [9.17, 15) is 31.1 Å². The molecule has 1 N–H and O–H groups in total. The second-order valence-corrected chi connectivity index (χ2v) is 7.92. The van der Waals surface area contributed by atoms with Crippen molar-refractivity contribution in [3.8, 4) is 22.3 Å². The van der Waals surface area contributed by atoms with Crippen LogP contribution < -0.4 is 5.56 Å². The summed E-state index contributed by atoms with van der Waals surface area (Å²) in [5.74, 6) is 0. The Hall–Kier alpha value is -4.15. The first-order chi connectivity index (χ1) is 16.4. The number of hydrogen-bond acceptors (Lipinski definition) is 3. The Labute approximate surface area is 192 Å². The first-order valence-electron chi connectivity index (χ1n) is 10.2. The van der Waals surface area contributed by atoms with E-state index in [1.165, 1.54) is 28.8 Å². The van der Waals surface area contributed by atoms with E-state index in [4.69, 9.17) is 0 Å². The average Bonchev–Trinajstić information content (AvgIpc) is 3.14. The Balaban J connectivity index is 1.65. The number of aromatic nitrogens is 4. The SMILES string of the molecule is Cc1[nH]n2c(=O)c3ccc(-c4ccc(C(F)(F)F)nc4)cc3nc2c1-c1ccc(C(F)(F)F)cc1. The van der Waals surface area contributed by atoms with Crippen LogP contribution in [0.5, 0.6) is 0 Å². The van der Waals surface area contributed by atoms with Gasteiger partial charge >= 0.3 is 12.4 Å². The average molecular weight is 488 g/mol. The maximum atomic E-state index is 13.1. The number of hydrogen-bond donors (Lipinski definition) is 1. The third-order valence-electron chi connectivity index (χ3n) is 5.64. The largest absolute Gasteiger partial charge is 0.433 e. The van der Waals surface area contributed by atoms with Crippen molar-refractivity contribution in [2.45, 2.75) is 19.3 Å². The van der Waals surface area contributed by atoms with Crippen molar-refractivity contribution in [1.82, 2.24) is 19.6 Å². The van der Waals surface area contributed by atoms with Crippen molar-refractivity contribution in [3.05, 3.63) is 88.1 Å². The number of pyridine rings is 1. The quantitative estimate of drug-likeness (QED) is 0.299. The highest BCUT2D eigenvalue weighted by Crippen LogP contribution is 2.34. The predicted octanol–water partition coefficient (Wildman–Crippen LogP) is 6.25. The van der Waals surface area contributed by atoms with E-state index in [0.717, 1.165) is 24.4 Å². The van der Waals surface area contributed by atoms with Crippen molar-refractivity contribution in [2.24, 2.45) is 0 Å². The lowest BCUT2D eigenvalue weighted by molar-refractivity contribution is -0.141. The van der Waals surface area contributed by atoms with Crippen LogP contribution in [0.2, 0.25) is 0 Å². The van der Waals surface area contributed by atoms with Crippen molar-refractivity contribution < 1.29 is 26.3 Å². The van der Waals surface area contributed by atoms with Gasteiger partial charge in [-0.05, 0) is 48.4 Å². The number of alkyl halides is 6. The second kappa shape index (κ2) is 7.69. The van der Waals surface area contributed by atoms with E-state index in [2.05, 4.69) is 15.1 Å². The number of H-pyrrole nitrogens is 1. The minimum atomic E-state index is -4.56. The first-order valence-corrected chi connectivity index (χ1v) is 10.2. The highest BCUT2D eigenvalue weighted by Gasteiger charge is 2.32. The smallest absolute Gasteiger partial charge is 0.293 e. The molecule has 178 valence electrons. The molecular formula is C24H14F6N4O. The van der Waals surface area contributed by atoms with Gasteiger partial charge in [-0.2, -0.15) is 26.3 Å². The molecule has 0 saturated heterocycles. The molecule has 0 fully saturated rings. The lowest BCUT2D eigenvalue weighted by Gasteiger charge is -2.08. The molecule has 35 heavy (non-hydrogen) atoms. The highest BCUT2D eigenvalue weighted by atomic mass is 19.4. The van der Waals surface area contributed by atoms with Crippen LogP contribution in [0.4, 0.5) is 26.3 Å². The van der Waals surface area contributed by atoms with Gasteiger partial charge in [-0.15, -0.1) is 0 Å². The van der Waals surface area contributed by atoms with Crippen LogP contribution in [0, 0.1) is 6.92 Å². The van der Waals surface area contributed by atoms with Gasteiger partial charge in [-0.25, -0.2) is 9.50 Å². The predicted molar refractivity (Wildman–Crippen MR) is 117 cm³/mol. The van der Waals surface area contributed by atoms with Crippen LogP contribution in [0.3, 0.4) is 0 Å². The van der Waals surface area contributed by atoms with Crippen LogP contribution in [0.1, 0.15) is 17.0 Å². The number of nitrogens with one attached hydrogen (secondary N) is 1. The number of aryl methyl sites for hydroxylation is 1. The molecule has 11 heteroatoms. The Morgan fingerprint density at radius 2 is 1.49 bits per heavy atom. The molecule has 5 aromatic rings. The normalized spacial score (nSPS) is 12.5. The minimum absolute atomic E-state index is 0.211. The summed E-state index contributed by atoms with van der Waals surface area (Å²) in [5, 5.41) is 3.16. The molecule has 0 amide bonds. The van der Waals surface area contributed by atoms with Gasteiger partial charge in [-0.1, -0.05) is 24.3 Å². The molecule has 0 radical (unpaired) electrons. The minimum Gasteiger partial charge on any atom is -0.293 e. The van der Waals surface area contributed by atoms with Gasteiger partial charge in [0.1, 0.15) is 5.69 Å². The fourth-order valence-electron chi connectivity index (χ4n) is 3.93. The lowest BCUT2D eigenvalue weighted by Crippen LogP contribution is -2.15. The topological polar surface area (TPSA) is 63.0 Å². The Kier molecular flexibility index (Phi) is 4.97. The molecule has 3 heterocycles. The molecule has 5 nitrogen and oxygen atoms in total. The van der Waals surface area contributed by atoms with Gasteiger partial charge in [-0.3, -0.25) is 14.9 Å². The van der Waals surface area contributed by atoms with Gasteiger partial charge in [0.2, 0.25) is 0 Å². The number of rotatable bonds is 2. The van der Waals surface area contributed by atoms with Crippen molar-refractivity contribution >= 4 is 16.6 Å². The number of nitrogens with zero attached hydrogens (tertiary/aromatic N) is 3. The van der Waals surface area contributed by atoms with Crippen LogP contribution >= 0.6 is 0 Å². The maximum absolute atomic E-state index is 13.1. The van der Waals surface area contributed by atoms with Gasteiger partial charge in [0, 0.05) is 23.0 Å². The van der Waals surface area contributed by atoms with E-state index in [1.807, 2.05) is 0 Å². The molecule has 0 aliphatic heterocycles. The van der Waals surface area contributed by atoms with E-state index in [1.54, 1.807) is 19.1 Å². The van der Waals surface area contributed by atoms with Crippen molar-refractivity contribution in [3.63, 3.8) is 0 Å². The molecule has 2 aromatic carbocycles. The number of benzene rings is 2. The molecule has 0 aliphatic rings. The monoisotopic (exact) mass is 488 g/mol. The molecule has 0 spiro atoms. The zero-order valence-corrected chi connectivity index (χ0v) is 17.8. The van der Waals surface area contributed by atoms with E-state index in [-0.39, 0.29) is 16.6 Å². The Bertz CT molecular complexity index is 1630.